The maximum atomic E-state index is 13.2. The number of nitrogens with zero attached hydrogens (tertiary/aromatic N) is 1. The van der Waals surface area contributed by atoms with Gasteiger partial charge in [-0.3, -0.25) is 4.90 Å². The van der Waals surface area contributed by atoms with Gasteiger partial charge in [0.25, 0.3) is 0 Å². The minimum absolute atomic E-state index is 0.110. The number of likely N-dealkylation sites (N-methyl/N-ethyl adjacent to an activating group) is 1. The molecule has 2 nitrogen and oxygen atoms in total. The second-order valence-electron chi connectivity index (χ2n) is 5.52. The maximum absolute atomic E-state index is 13.2. The van der Waals surface area contributed by atoms with Crippen molar-refractivity contribution in [3.05, 3.63) is 34.6 Å². The molecular weight excluding hydrogens is 263 g/mol. The van der Waals surface area contributed by atoms with Gasteiger partial charge in [0.1, 0.15) is 5.82 Å². The molecule has 0 spiro atoms. The van der Waals surface area contributed by atoms with E-state index in [1.165, 1.54) is 31.7 Å². The minimum Gasteiger partial charge on any atom is -0.329 e. The highest BCUT2D eigenvalue weighted by Gasteiger charge is 2.22. The van der Waals surface area contributed by atoms with Gasteiger partial charge in [-0.05, 0) is 43.5 Å². The summed E-state index contributed by atoms with van der Waals surface area (Å²) in [4.78, 5) is 2.28. The summed E-state index contributed by atoms with van der Waals surface area (Å²) in [5.41, 5.74) is 6.88. The summed E-state index contributed by atoms with van der Waals surface area (Å²) in [6.45, 7) is 1.57. The molecule has 0 bridgehead atoms. The molecule has 1 aromatic carbocycles. The number of halogens is 2. The molecule has 1 saturated carbocycles. The van der Waals surface area contributed by atoms with Crippen LogP contribution in [0.4, 0.5) is 4.39 Å². The molecule has 1 unspecified atom stereocenters. The second kappa shape index (κ2) is 6.69. The van der Waals surface area contributed by atoms with E-state index in [0.717, 1.165) is 18.0 Å². The van der Waals surface area contributed by atoms with Crippen molar-refractivity contribution in [1.29, 1.82) is 0 Å². The minimum atomic E-state index is -0.375. The molecule has 1 aliphatic rings. The normalized spacial score (nSPS) is 18.2. The largest absolute Gasteiger partial charge is 0.329 e. The molecule has 1 aromatic rings. The van der Waals surface area contributed by atoms with E-state index >= 15 is 0 Å². The highest BCUT2D eigenvalue weighted by atomic mass is 35.5. The number of rotatable bonds is 5. The molecule has 1 atom stereocenters. The average Bonchev–Trinajstić information content (AvgIpc) is 2.87. The van der Waals surface area contributed by atoms with Crippen molar-refractivity contribution in [2.24, 2.45) is 11.7 Å². The van der Waals surface area contributed by atoms with Crippen molar-refractivity contribution in [3.63, 3.8) is 0 Å². The Morgan fingerprint density at radius 1 is 1.42 bits per heavy atom. The van der Waals surface area contributed by atoms with Crippen LogP contribution in [-0.4, -0.2) is 25.0 Å². The first-order chi connectivity index (χ1) is 9.11. The zero-order valence-corrected chi connectivity index (χ0v) is 12.2. The lowest BCUT2D eigenvalue weighted by Crippen LogP contribution is -2.33. The van der Waals surface area contributed by atoms with Crippen molar-refractivity contribution in [2.45, 2.75) is 31.7 Å². The summed E-state index contributed by atoms with van der Waals surface area (Å²) in [6.07, 6.45) is 5.31. The molecular formula is C15H22ClFN2. The Morgan fingerprint density at radius 2 is 2.11 bits per heavy atom. The lowest BCUT2D eigenvalue weighted by Gasteiger charge is -2.29. The molecule has 0 amide bonds. The Kier molecular flexibility index (Phi) is 5.20. The molecule has 2 N–H and O–H groups in total. The van der Waals surface area contributed by atoms with Crippen molar-refractivity contribution < 1.29 is 4.39 Å². The van der Waals surface area contributed by atoms with Crippen LogP contribution in [0, 0.1) is 11.7 Å². The quantitative estimate of drug-likeness (QED) is 0.895. The Morgan fingerprint density at radius 3 is 2.68 bits per heavy atom. The van der Waals surface area contributed by atoms with E-state index in [2.05, 4.69) is 11.9 Å². The fraction of sp³-hybridized carbons (Fsp3) is 0.600. The van der Waals surface area contributed by atoms with Crippen LogP contribution in [0.3, 0.4) is 0 Å². The van der Waals surface area contributed by atoms with Crippen LogP contribution < -0.4 is 5.73 Å². The van der Waals surface area contributed by atoms with E-state index in [4.69, 9.17) is 17.3 Å². The molecule has 2 rings (SSSR count). The fourth-order valence-corrected chi connectivity index (χ4v) is 3.21. The Bertz CT molecular complexity index is 419. The van der Waals surface area contributed by atoms with Crippen LogP contribution >= 0.6 is 11.6 Å². The Hall–Kier alpha value is -0.640. The van der Waals surface area contributed by atoms with Gasteiger partial charge in [-0.15, -0.1) is 0 Å². The van der Waals surface area contributed by atoms with Gasteiger partial charge >= 0.3 is 0 Å². The predicted octanol–water partition coefficient (Wildman–Crippen LogP) is 3.60. The molecule has 0 radical (unpaired) electrons. The van der Waals surface area contributed by atoms with E-state index in [0.29, 0.717) is 6.54 Å². The molecule has 1 fully saturated rings. The Labute approximate surface area is 119 Å². The zero-order valence-electron chi connectivity index (χ0n) is 11.4. The molecule has 4 heteroatoms. The van der Waals surface area contributed by atoms with Crippen LogP contribution in [0.5, 0.6) is 0 Å². The van der Waals surface area contributed by atoms with Crippen LogP contribution in [0.15, 0.2) is 18.2 Å². The van der Waals surface area contributed by atoms with Gasteiger partial charge in [-0.25, -0.2) is 4.39 Å². The topological polar surface area (TPSA) is 29.3 Å². The molecule has 0 heterocycles. The summed E-state index contributed by atoms with van der Waals surface area (Å²) in [7, 11) is 2.09. The van der Waals surface area contributed by atoms with E-state index in [-0.39, 0.29) is 16.9 Å². The third kappa shape index (κ3) is 3.68. The molecule has 0 aromatic heterocycles. The summed E-state index contributed by atoms with van der Waals surface area (Å²) in [5.74, 6) is 0.398. The van der Waals surface area contributed by atoms with Gasteiger partial charge in [0.05, 0.1) is 5.02 Å². The number of hydrogen-bond acceptors (Lipinski definition) is 2. The second-order valence-corrected chi connectivity index (χ2v) is 5.92. The number of benzene rings is 1. The monoisotopic (exact) mass is 284 g/mol. The van der Waals surface area contributed by atoms with Crippen LogP contribution in [0.25, 0.3) is 0 Å². The molecule has 106 valence electrons. The van der Waals surface area contributed by atoms with E-state index in [1.807, 2.05) is 0 Å². The van der Waals surface area contributed by atoms with Gasteiger partial charge in [0, 0.05) is 19.1 Å². The smallest absolute Gasteiger partial charge is 0.141 e. The molecule has 19 heavy (non-hydrogen) atoms. The van der Waals surface area contributed by atoms with E-state index in [1.54, 1.807) is 12.1 Å². The summed E-state index contributed by atoms with van der Waals surface area (Å²) in [5, 5.41) is 0.171. The van der Waals surface area contributed by atoms with Crippen LogP contribution in [0.1, 0.15) is 37.3 Å². The lowest BCUT2D eigenvalue weighted by atomic mass is 10.0. The molecule has 1 aliphatic carbocycles. The molecule has 0 aliphatic heterocycles. The zero-order chi connectivity index (χ0) is 13.8. The van der Waals surface area contributed by atoms with Gasteiger partial charge in [0.15, 0.2) is 0 Å². The number of nitrogens with two attached hydrogens (primary N) is 1. The van der Waals surface area contributed by atoms with Crippen molar-refractivity contribution in [2.75, 3.05) is 20.1 Å². The summed E-state index contributed by atoms with van der Waals surface area (Å²) < 4.78 is 13.2. The van der Waals surface area contributed by atoms with Crippen molar-refractivity contribution in [1.82, 2.24) is 4.90 Å². The SMILES string of the molecule is CN(CC1CCCC1)C(CN)c1ccc(F)c(Cl)c1. The van der Waals surface area contributed by atoms with Crippen molar-refractivity contribution in [3.8, 4) is 0 Å². The standard InChI is InChI=1S/C15H22ClFN2/c1-19(10-11-4-2-3-5-11)15(9-18)12-6-7-14(17)13(16)8-12/h6-8,11,15H,2-5,9-10,18H2,1H3. The molecule has 0 saturated heterocycles. The first-order valence-electron chi connectivity index (χ1n) is 6.97. The third-order valence-electron chi connectivity index (χ3n) is 4.10. The first kappa shape index (κ1) is 14.8. The van der Waals surface area contributed by atoms with Crippen LogP contribution in [-0.2, 0) is 0 Å². The third-order valence-corrected chi connectivity index (χ3v) is 4.39. The lowest BCUT2D eigenvalue weighted by molar-refractivity contribution is 0.212. The number of hydrogen-bond donors (Lipinski definition) is 1. The Balaban J connectivity index is 2.06. The highest BCUT2D eigenvalue weighted by molar-refractivity contribution is 6.30. The highest BCUT2D eigenvalue weighted by Crippen LogP contribution is 2.29. The van der Waals surface area contributed by atoms with Gasteiger partial charge in [0.2, 0.25) is 0 Å². The summed E-state index contributed by atoms with van der Waals surface area (Å²) >= 11 is 5.86. The van der Waals surface area contributed by atoms with Gasteiger partial charge in [-0.2, -0.15) is 0 Å². The van der Waals surface area contributed by atoms with Gasteiger partial charge < -0.3 is 5.73 Å². The maximum Gasteiger partial charge on any atom is 0.141 e. The first-order valence-corrected chi connectivity index (χ1v) is 7.35. The fourth-order valence-electron chi connectivity index (χ4n) is 3.02. The predicted molar refractivity (Wildman–Crippen MR) is 77.8 cm³/mol. The van der Waals surface area contributed by atoms with Crippen molar-refractivity contribution >= 4 is 11.6 Å². The summed E-state index contributed by atoms with van der Waals surface area (Å²) in [6, 6.07) is 5.01. The van der Waals surface area contributed by atoms with Crippen LogP contribution in [0.2, 0.25) is 5.02 Å². The van der Waals surface area contributed by atoms with E-state index < -0.39 is 0 Å². The average molecular weight is 285 g/mol. The van der Waals surface area contributed by atoms with Gasteiger partial charge in [-0.1, -0.05) is 30.5 Å². The van der Waals surface area contributed by atoms with E-state index in [9.17, 15) is 4.39 Å².